The van der Waals surface area contributed by atoms with Crippen molar-refractivity contribution in [3.05, 3.63) is 53.2 Å². The molecule has 1 aromatic carbocycles. The van der Waals surface area contributed by atoms with Crippen LogP contribution < -0.4 is 0 Å². The fourth-order valence-corrected chi connectivity index (χ4v) is 2.18. The first-order valence-corrected chi connectivity index (χ1v) is 6.58. The zero-order chi connectivity index (χ0) is 15.8. The molecule has 0 fully saturated rings. The Labute approximate surface area is 122 Å². The summed E-state index contributed by atoms with van der Waals surface area (Å²) in [6.07, 6.45) is 3.17. The molecule has 1 N–H and O–H groups in total. The number of carboxylic acid groups (broad SMARTS) is 1. The summed E-state index contributed by atoms with van der Waals surface area (Å²) < 4.78 is 26.9. The Bertz CT molecular complexity index is 642. The van der Waals surface area contributed by atoms with Crippen molar-refractivity contribution in [2.45, 2.75) is 26.3 Å². The molecule has 1 aromatic rings. The molecule has 21 heavy (non-hydrogen) atoms. The molecule has 0 saturated carbocycles. The van der Waals surface area contributed by atoms with E-state index in [1.807, 2.05) is 25.7 Å². The van der Waals surface area contributed by atoms with Crippen LogP contribution >= 0.6 is 0 Å². The standard InChI is InChI=1S/C16H17F2NO2/c1-16(2,3)19-7-6-11(13(9-19)15(20)21)12-5-4-10(17)8-14(12)18/h4-6,8-9H,7H2,1-3H3,(H,20,21). The summed E-state index contributed by atoms with van der Waals surface area (Å²) in [5.41, 5.74) is 0.130. The molecule has 1 aliphatic heterocycles. The van der Waals surface area contributed by atoms with Gasteiger partial charge in [0.15, 0.2) is 0 Å². The Morgan fingerprint density at radius 2 is 1.95 bits per heavy atom. The lowest BCUT2D eigenvalue weighted by molar-refractivity contribution is -0.132. The largest absolute Gasteiger partial charge is 0.478 e. The maximum atomic E-state index is 13.9. The van der Waals surface area contributed by atoms with Gasteiger partial charge in [0, 0.05) is 29.9 Å². The van der Waals surface area contributed by atoms with Crippen LogP contribution in [0.1, 0.15) is 26.3 Å². The van der Waals surface area contributed by atoms with E-state index in [1.165, 1.54) is 12.3 Å². The van der Waals surface area contributed by atoms with E-state index in [1.54, 1.807) is 6.08 Å². The fraction of sp³-hybridized carbons (Fsp3) is 0.312. The van der Waals surface area contributed by atoms with Crippen LogP contribution in [0.3, 0.4) is 0 Å². The molecule has 0 amide bonds. The van der Waals surface area contributed by atoms with E-state index in [-0.39, 0.29) is 22.2 Å². The second-order valence-corrected chi connectivity index (χ2v) is 5.91. The van der Waals surface area contributed by atoms with Gasteiger partial charge in [0.1, 0.15) is 11.6 Å². The molecule has 0 aromatic heterocycles. The zero-order valence-corrected chi connectivity index (χ0v) is 12.2. The molecule has 1 aliphatic rings. The van der Waals surface area contributed by atoms with Crippen LogP contribution in [0, 0.1) is 11.6 Å². The quantitative estimate of drug-likeness (QED) is 0.908. The van der Waals surface area contributed by atoms with Crippen LogP contribution in [-0.4, -0.2) is 28.1 Å². The van der Waals surface area contributed by atoms with Crippen molar-refractivity contribution < 1.29 is 18.7 Å². The summed E-state index contributed by atoms with van der Waals surface area (Å²) in [6, 6.07) is 3.14. The molecule has 2 rings (SSSR count). The minimum absolute atomic E-state index is 0.00156. The van der Waals surface area contributed by atoms with E-state index in [0.717, 1.165) is 12.1 Å². The normalized spacial score (nSPS) is 15.6. The van der Waals surface area contributed by atoms with Crippen LogP contribution in [0.4, 0.5) is 8.78 Å². The third kappa shape index (κ3) is 3.12. The van der Waals surface area contributed by atoms with Crippen molar-refractivity contribution in [1.29, 1.82) is 0 Å². The van der Waals surface area contributed by atoms with Crippen molar-refractivity contribution in [2.24, 2.45) is 0 Å². The topological polar surface area (TPSA) is 40.5 Å². The first-order valence-electron chi connectivity index (χ1n) is 6.58. The SMILES string of the molecule is CC(C)(C)N1C=C(C(=O)O)C(c2ccc(F)cc2F)=CC1. The van der Waals surface area contributed by atoms with Crippen LogP contribution in [0.2, 0.25) is 0 Å². The number of carbonyl (C=O) groups is 1. The van der Waals surface area contributed by atoms with Crippen LogP contribution in [0.25, 0.3) is 5.57 Å². The van der Waals surface area contributed by atoms with Crippen LogP contribution in [-0.2, 0) is 4.79 Å². The molecule has 0 unspecified atom stereocenters. The van der Waals surface area contributed by atoms with E-state index in [0.29, 0.717) is 6.54 Å². The van der Waals surface area contributed by atoms with Crippen LogP contribution in [0.5, 0.6) is 0 Å². The highest BCUT2D eigenvalue weighted by atomic mass is 19.1. The lowest BCUT2D eigenvalue weighted by Gasteiger charge is -2.37. The number of aliphatic carboxylic acids is 1. The molecule has 0 atom stereocenters. The monoisotopic (exact) mass is 293 g/mol. The van der Waals surface area contributed by atoms with E-state index < -0.39 is 17.6 Å². The number of carboxylic acids is 1. The molecule has 0 saturated heterocycles. The highest BCUT2D eigenvalue weighted by molar-refractivity contribution is 6.05. The maximum Gasteiger partial charge on any atom is 0.337 e. The number of nitrogens with zero attached hydrogens (tertiary/aromatic N) is 1. The Balaban J connectivity index is 2.47. The number of benzene rings is 1. The summed E-state index contributed by atoms with van der Waals surface area (Å²) >= 11 is 0. The van der Waals surface area contributed by atoms with Crippen molar-refractivity contribution in [3.63, 3.8) is 0 Å². The van der Waals surface area contributed by atoms with Gasteiger partial charge in [0.25, 0.3) is 0 Å². The first kappa shape index (κ1) is 15.2. The number of hydrogen-bond donors (Lipinski definition) is 1. The zero-order valence-electron chi connectivity index (χ0n) is 12.2. The van der Waals surface area contributed by atoms with Gasteiger partial charge < -0.3 is 10.0 Å². The van der Waals surface area contributed by atoms with Crippen LogP contribution in [0.15, 0.2) is 36.0 Å². The lowest BCUT2D eigenvalue weighted by atomic mass is 9.93. The minimum Gasteiger partial charge on any atom is -0.478 e. The Morgan fingerprint density at radius 3 is 2.48 bits per heavy atom. The number of hydrogen-bond acceptors (Lipinski definition) is 2. The molecular weight excluding hydrogens is 276 g/mol. The lowest BCUT2D eigenvalue weighted by Crippen LogP contribution is -2.39. The van der Waals surface area contributed by atoms with Gasteiger partial charge in [0.05, 0.1) is 5.57 Å². The van der Waals surface area contributed by atoms with Gasteiger partial charge in [-0.2, -0.15) is 0 Å². The molecule has 1 heterocycles. The summed E-state index contributed by atoms with van der Waals surface area (Å²) in [5.74, 6) is -2.60. The predicted molar refractivity (Wildman–Crippen MR) is 76.5 cm³/mol. The first-order chi connectivity index (χ1) is 9.70. The van der Waals surface area contributed by atoms with Gasteiger partial charge in [0.2, 0.25) is 0 Å². The predicted octanol–water partition coefficient (Wildman–Crippen LogP) is 3.43. The molecule has 112 valence electrons. The van der Waals surface area contributed by atoms with Gasteiger partial charge in [-0.05, 0) is 38.5 Å². The molecule has 0 spiro atoms. The average Bonchev–Trinajstić information content (AvgIpc) is 2.37. The van der Waals surface area contributed by atoms with Crippen molar-refractivity contribution in [1.82, 2.24) is 4.90 Å². The van der Waals surface area contributed by atoms with Gasteiger partial charge in [-0.1, -0.05) is 6.08 Å². The van der Waals surface area contributed by atoms with Crippen molar-refractivity contribution in [2.75, 3.05) is 6.54 Å². The average molecular weight is 293 g/mol. The summed E-state index contributed by atoms with van der Waals surface area (Å²) in [5, 5.41) is 9.37. The van der Waals surface area contributed by atoms with Crippen molar-refractivity contribution in [3.8, 4) is 0 Å². The maximum absolute atomic E-state index is 13.9. The van der Waals surface area contributed by atoms with E-state index in [2.05, 4.69) is 0 Å². The highest BCUT2D eigenvalue weighted by Gasteiger charge is 2.27. The van der Waals surface area contributed by atoms with E-state index >= 15 is 0 Å². The highest BCUT2D eigenvalue weighted by Crippen LogP contribution is 2.31. The molecule has 0 bridgehead atoms. The molecule has 5 heteroatoms. The van der Waals surface area contributed by atoms with E-state index in [4.69, 9.17) is 0 Å². The summed E-state index contributed by atoms with van der Waals surface area (Å²) in [7, 11) is 0. The van der Waals surface area contributed by atoms with E-state index in [9.17, 15) is 18.7 Å². The van der Waals surface area contributed by atoms with Gasteiger partial charge in [-0.15, -0.1) is 0 Å². The molecular formula is C16H17F2NO2. The number of rotatable bonds is 2. The molecule has 0 aliphatic carbocycles. The van der Waals surface area contributed by atoms with Crippen molar-refractivity contribution >= 4 is 11.5 Å². The Morgan fingerprint density at radius 1 is 1.29 bits per heavy atom. The fourth-order valence-electron chi connectivity index (χ4n) is 2.18. The molecule has 3 nitrogen and oxygen atoms in total. The molecule has 0 radical (unpaired) electrons. The third-order valence-electron chi connectivity index (χ3n) is 3.38. The Hall–Kier alpha value is -2.17. The smallest absolute Gasteiger partial charge is 0.337 e. The number of halogens is 2. The van der Waals surface area contributed by atoms with Gasteiger partial charge >= 0.3 is 5.97 Å². The summed E-state index contributed by atoms with van der Waals surface area (Å²) in [4.78, 5) is 13.3. The van der Waals surface area contributed by atoms with Gasteiger partial charge in [-0.3, -0.25) is 0 Å². The van der Waals surface area contributed by atoms with Gasteiger partial charge in [-0.25, -0.2) is 13.6 Å². The minimum atomic E-state index is -1.14. The third-order valence-corrected chi connectivity index (χ3v) is 3.38. The summed E-state index contributed by atoms with van der Waals surface area (Å²) in [6.45, 7) is 6.34. The second kappa shape index (κ2) is 5.31. The Kier molecular flexibility index (Phi) is 3.85. The second-order valence-electron chi connectivity index (χ2n) is 5.91.